The van der Waals surface area contributed by atoms with Crippen molar-refractivity contribution in [1.29, 1.82) is 0 Å². The molecule has 0 spiro atoms. The van der Waals surface area contributed by atoms with Crippen LogP contribution >= 0.6 is 15.9 Å². The van der Waals surface area contributed by atoms with E-state index in [0.29, 0.717) is 6.04 Å². The summed E-state index contributed by atoms with van der Waals surface area (Å²) < 4.78 is 2.90. The number of hydrogen-bond acceptors (Lipinski definition) is 2. The predicted octanol–water partition coefficient (Wildman–Crippen LogP) is 1.95. The standard InChI is InChI=1S/C7H10BrN3/c8-7-6(9)4-10-11(7)5-2-1-3-5/h4-5H,1-3,9H2. The number of nitrogens with two attached hydrogens (primary N) is 1. The van der Waals surface area contributed by atoms with Gasteiger partial charge in [0.1, 0.15) is 4.60 Å². The maximum absolute atomic E-state index is 5.63. The van der Waals surface area contributed by atoms with Crippen LogP contribution in [0.15, 0.2) is 10.8 Å². The minimum Gasteiger partial charge on any atom is -0.395 e. The largest absolute Gasteiger partial charge is 0.395 e. The Balaban J connectivity index is 2.29. The first-order valence-corrected chi connectivity index (χ1v) is 4.57. The number of anilines is 1. The van der Waals surface area contributed by atoms with Gasteiger partial charge in [0.15, 0.2) is 0 Å². The average molecular weight is 216 g/mol. The van der Waals surface area contributed by atoms with Crippen molar-refractivity contribution in [3.63, 3.8) is 0 Å². The van der Waals surface area contributed by atoms with E-state index in [2.05, 4.69) is 21.0 Å². The molecule has 1 saturated carbocycles. The molecule has 0 aromatic carbocycles. The molecule has 0 bridgehead atoms. The molecule has 2 rings (SSSR count). The van der Waals surface area contributed by atoms with Gasteiger partial charge in [-0.3, -0.25) is 4.68 Å². The molecule has 1 aliphatic carbocycles. The molecular weight excluding hydrogens is 206 g/mol. The molecular formula is C7H10BrN3. The van der Waals surface area contributed by atoms with Crippen molar-refractivity contribution in [3.05, 3.63) is 10.8 Å². The van der Waals surface area contributed by atoms with Gasteiger partial charge in [-0.05, 0) is 35.2 Å². The fourth-order valence-electron chi connectivity index (χ4n) is 1.25. The Kier molecular flexibility index (Phi) is 1.64. The molecule has 11 heavy (non-hydrogen) atoms. The Hall–Kier alpha value is -0.510. The third kappa shape index (κ3) is 1.05. The van der Waals surface area contributed by atoms with Crippen LogP contribution in [0.5, 0.6) is 0 Å². The van der Waals surface area contributed by atoms with E-state index in [4.69, 9.17) is 5.73 Å². The zero-order valence-corrected chi connectivity index (χ0v) is 7.71. The number of nitrogen functional groups attached to an aromatic ring is 1. The number of aromatic nitrogens is 2. The maximum atomic E-state index is 5.63. The topological polar surface area (TPSA) is 43.8 Å². The molecule has 4 heteroatoms. The number of nitrogens with zero attached hydrogens (tertiary/aromatic N) is 2. The maximum Gasteiger partial charge on any atom is 0.127 e. The van der Waals surface area contributed by atoms with Crippen LogP contribution in [0.2, 0.25) is 0 Å². The molecule has 0 atom stereocenters. The van der Waals surface area contributed by atoms with Crippen molar-refractivity contribution in [2.24, 2.45) is 0 Å². The van der Waals surface area contributed by atoms with E-state index >= 15 is 0 Å². The van der Waals surface area contributed by atoms with Crippen molar-refractivity contribution in [2.45, 2.75) is 25.3 Å². The van der Waals surface area contributed by atoms with E-state index in [-0.39, 0.29) is 0 Å². The van der Waals surface area contributed by atoms with E-state index in [1.165, 1.54) is 19.3 Å². The highest BCUT2D eigenvalue weighted by molar-refractivity contribution is 9.10. The first kappa shape index (κ1) is 7.16. The Bertz CT molecular complexity index is 265. The third-order valence-corrected chi connectivity index (χ3v) is 3.00. The summed E-state index contributed by atoms with van der Waals surface area (Å²) in [5.74, 6) is 0. The van der Waals surface area contributed by atoms with Gasteiger partial charge in [0.2, 0.25) is 0 Å². The summed E-state index contributed by atoms with van der Waals surface area (Å²) in [5.41, 5.74) is 6.36. The molecule has 1 aromatic heterocycles. The summed E-state index contributed by atoms with van der Waals surface area (Å²) in [7, 11) is 0. The average Bonchev–Trinajstić information content (AvgIpc) is 2.15. The lowest BCUT2D eigenvalue weighted by molar-refractivity contribution is 0.285. The fourth-order valence-corrected chi connectivity index (χ4v) is 1.73. The van der Waals surface area contributed by atoms with Crippen LogP contribution in [0.1, 0.15) is 25.3 Å². The second kappa shape index (κ2) is 2.52. The van der Waals surface area contributed by atoms with E-state index < -0.39 is 0 Å². The Labute approximate surface area is 73.7 Å². The fraction of sp³-hybridized carbons (Fsp3) is 0.571. The number of rotatable bonds is 1. The summed E-state index contributed by atoms with van der Waals surface area (Å²) >= 11 is 3.40. The van der Waals surface area contributed by atoms with Crippen LogP contribution in [0.3, 0.4) is 0 Å². The molecule has 60 valence electrons. The molecule has 0 amide bonds. The Morgan fingerprint density at radius 1 is 1.64 bits per heavy atom. The zero-order chi connectivity index (χ0) is 7.84. The van der Waals surface area contributed by atoms with Crippen LogP contribution in [-0.4, -0.2) is 9.78 Å². The van der Waals surface area contributed by atoms with E-state index in [1.54, 1.807) is 6.20 Å². The second-order valence-electron chi connectivity index (χ2n) is 2.92. The quantitative estimate of drug-likeness (QED) is 0.779. The lowest BCUT2D eigenvalue weighted by atomic mass is 9.93. The highest BCUT2D eigenvalue weighted by atomic mass is 79.9. The highest BCUT2D eigenvalue weighted by Crippen LogP contribution is 2.34. The summed E-state index contributed by atoms with van der Waals surface area (Å²) in [6.07, 6.45) is 5.48. The molecule has 1 aliphatic rings. The van der Waals surface area contributed by atoms with E-state index in [0.717, 1.165) is 10.3 Å². The lowest BCUT2D eigenvalue weighted by Gasteiger charge is -2.26. The van der Waals surface area contributed by atoms with Crippen molar-refractivity contribution in [2.75, 3.05) is 5.73 Å². The highest BCUT2D eigenvalue weighted by Gasteiger charge is 2.22. The summed E-state index contributed by atoms with van der Waals surface area (Å²) in [4.78, 5) is 0. The number of halogens is 1. The monoisotopic (exact) mass is 215 g/mol. The van der Waals surface area contributed by atoms with Gasteiger partial charge in [-0.25, -0.2) is 0 Å². The predicted molar refractivity (Wildman–Crippen MR) is 47.2 cm³/mol. The summed E-state index contributed by atoms with van der Waals surface area (Å²) in [6, 6.07) is 0.585. The summed E-state index contributed by atoms with van der Waals surface area (Å²) in [6.45, 7) is 0. The molecule has 1 aromatic rings. The molecule has 0 saturated heterocycles. The van der Waals surface area contributed by atoms with E-state index in [9.17, 15) is 0 Å². The first-order valence-electron chi connectivity index (χ1n) is 3.77. The third-order valence-electron chi connectivity index (χ3n) is 2.18. The van der Waals surface area contributed by atoms with Crippen LogP contribution < -0.4 is 5.73 Å². The van der Waals surface area contributed by atoms with Crippen LogP contribution in [0.4, 0.5) is 5.69 Å². The van der Waals surface area contributed by atoms with Crippen molar-refractivity contribution in [1.82, 2.24) is 9.78 Å². The normalized spacial score (nSPS) is 18.3. The smallest absolute Gasteiger partial charge is 0.127 e. The first-order chi connectivity index (χ1) is 5.29. The molecule has 1 heterocycles. The second-order valence-corrected chi connectivity index (χ2v) is 3.67. The van der Waals surface area contributed by atoms with Crippen molar-refractivity contribution in [3.8, 4) is 0 Å². The van der Waals surface area contributed by atoms with Crippen LogP contribution in [0.25, 0.3) is 0 Å². The molecule has 0 radical (unpaired) electrons. The Morgan fingerprint density at radius 3 is 2.73 bits per heavy atom. The van der Waals surface area contributed by atoms with Gasteiger partial charge in [-0.15, -0.1) is 0 Å². The van der Waals surface area contributed by atoms with Crippen molar-refractivity contribution < 1.29 is 0 Å². The van der Waals surface area contributed by atoms with Crippen molar-refractivity contribution >= 4 is 21.6 Å². The minimum absolute atomic E-state index is 0.585. The summed E-state index contributed by atoms with van der Waals surface area (Å²) in [5, 5.41) is 4.18. The van der Waals surface area contributed by atoms with Crippen LogP contribution in [0, 0.1) is 0 Å². The van der Waals surface area contributed by atoms with Gasteiger partial charge in [-0.2, -0.15) is 5.10 Å². The number of hydrogen-bond donors (Lipinski definition) is 1. The van der Waals surface area contributed by atoms with Gasteiger partial charge in [0, 0.05) is 0 Å². The molecule has 0 aliphatic heterocycles. The minimum atomic E-state index is 0.585. The van der Waals surface area contributed by atoms with Gasteiger partial charge >= 0.3 is 0 Å². The van der Waals surface area contributed by atoms with Gasteiger partial charge in [0.05, 0.1) is 17.9 Å². The van der Waals surface area contributed by atoms with Gasteiger partial charge < -0.3 is 5.73 Å². The molecule has 2 N–H and O–H groups in total. The lowest BCUT2D eigenvalue weighted by Crippen LogP contribution is -2.18. The van der Waals surface area contributed by atoms with Crippen LogP contribution in [-0.2, 0) is 0 Å². The molecule has 0 unspecified atom stereocenters. The zero-order valence-electron chi connectivity index (χ0n) is 6.13. The van der Waals surface area contributed by atoms with Gasteiger partial charge in [0.25, 0.3) is 0 Å². The molecule has 1 fully saturated rings. The van der Waals surface area contributed by atoms with Gasteiger partial charge in [-0.1, -0.05) is 0 Å². The Morgan fingerprint density at radius 2 is 2.36 bits per heavy atom. The van der Waals surface area contributed by atoms with E-state index in [1.807, 2.05) is 4.68 Å². The SMILES string of the molecule is Nc1cnn(C2CCC2)c1Br. The molecule has 3 nitrogen and oxygen atoms in total.